The number of hydrogen-bond acceptors (Lipinski definition) is 7. The highest BCUT2D eigenvalue weighted by Crippen LogP contribution is 2.29. The number of carbonyl (C=O) groups excluding carboxylic acids is 2. The number of ether oxygens (including phenoxy) is 2. The average Bonchev–Trinajstić information content (AvgIpc) is 3.20. The van der Waals surface area contributed by atoms with Crippen LogP contribution < -0.4 is 20.1 Å². The second-order valence-corrected chi connectivity index (χ2v) is 9.38. The molecule has 2 amide bonds. The molecule has 1 aromatic heterocycles. The molecule has 0 bridgehead atoms. The van der Waals surface area contributed by atoms with Gasteiger partial charge in [0.25, 0.3) is 5.91 Å². The molecule has 1 heterocycles. The molecule has 2 aromatic carbocycles. The molecule has 0 spiro atoms. The van der Waals surface area contributed by atoms with Crippen LogP contribution in [0.4, 0.5) is 5.69 Å². The van der Waals surface area contributed by atoms with Gasteiger partial charge in [0, 0.05) is 17.6 Å². The smallest absolute Gasteiger partial charge is 0.251 e. The van der Waals surface area contributed by atoms with Crippen LogP contribution in [-0.4, -0.2) is 46.6 Å². The average molecular weight is 518 g/mol. The third kappa shape index (κ3) is 6.67. The van der Waals surface area contributed by atoms with Crippen LogP contribution in [-0.2, 0) is 11.8 Å². The third-order valence-electron chi connectivity index (χ3n) is 5.22. The Kier molecular flexibility index (Phi) is 9.00. The highest BCUT2D eigenvalue weighted by Gasteiger charge is 2.25. The van der Waals surface area contributed by atoms with E-state index in [9.17, 15) is 9.59 Å². The Balaban J connectivity index is 1.67. The molecule has 9 nitrogen and oxygen atoms in total. The summed E-state index contributed by atoms with van der Waals surface area (Å²) in [5.74, 6) is 1.48. The van der Waals surface area contributed by atoms with Gasteiger partial charge in [0.05, 0.1) is 31.7 Å². The zero-order chi connectivity index (χ0) is 25.5. The molecule has 0 radical (unpaired) electrons. The number of amides is 2. The first-order valence-electron chi connectivity index (χ1n) is 10.8. The van der Waals surface area contributed by atoms with Gasteiger partial charge >= 0.3 is 0 Å². The van der Waals surface area contributed by atoms with Crippen molar-refractivity contribution in [3.63, 3.8) is 0 Å². The van der Waals surface area contributed by atoms with Crippen LogP contribution in [0.25, 0.3) is 0 Å². The molecule has 1 atom stereocenters. The highest BCUT2D eigenvalue weighted by atomic mass is 35.5. The molecule has 3 rings (SSSR count). The van der Waals surface area contributed by atoms with Crippen LogP contribution in [0, 0.1) is 5.92 Å². The van der Waals surface area contributed by atoms with Gasteiger partial charge < -0.3 is 24.7 Å². The summed E-state index contributed by atoms with van der Waals surface area (Å²) in [6, 6.07) is 11.5. The topological polar surface area (TPSA) is 107 Å². The van der Waals surface area contributed by atoms with E-state index < -0.39 is 0 Å². The van der Waals surface area contributed by atoms with Gasteiger partial charge in [-0.1, -0.05) is 37.2 Å². The van der Waals surface area contributed by atoms with Crippen molar-refractivity contribution in [3.8, 4) is 11.5 Å². The van der Waals surface area contributed by atoms with Crippen LogP contribution in [0.1, 0.15) is 36.1 Å². The normalized spacial score (nSPS) is 11.7. The van der Waals surface area contributed by atoms with Gasteiger partial charge in [-0.25, -0.2) is 0 Å². The SMILES string of the molecule is COc1ccc(C(=O)NC(c2nnc(SCC(=O)Nc3cc(Cl)ccc3OC)n2C)C(C)C)cc1. The second-order valence-electron chi connectivity index (χ2n) is 8.00. The zero-order valence-electron chi connectivity index (χ0n) is 20.2. The summed E-state index contributed by atoms with van der Waals surface area (Å²) in [7, 11) is 4.91. The van der Waals surface area contributed by atoms with E-state index in [0.717, 1.165) is 0 Å². The molecule has 35 heavy (non-hydrogen) atoms. The molecule has 11 heteroatoms. The lowest BCUT2D eigenvalue weighted by Gasteiger charge is -2.21. The van der Waals surface area contributed by atoms with Gasteiger partial charge in [-0.3, -0.25) is 9.59 Å². The Labute approximate surface area is 213 Å². The van der Waals surface area contributed by atoms with Crippen LogP contribution in [0.3, 0.4) is 0 Å². The molecule has 0 saturated heterocycles. The maximum Gasteiger partial charge on any atom is 0.251 e. The molecule has 0 saturated carbocycles. The Morgan fingerprint density at radius 3 is 2.43 bits per heavy atom. The maximum atomic E-state index is 12.8. The number of thioether (sulfide) groups is 1. The van der Waals surface area contributed by atoms with E-state index in [1.807, 2.05) is 20.9 Å². The number of nitrogens with one attached hydrogen (secondary N) is 2. The van der Waals surface area contributed by atoms with Crippen molar-refractivity contribution in [2.24, 2.45) is 13.0 Å². The molecule has 186 valence electrons. The summed E-state index contributed by atoms with van der Waals surface area (Å²) >= 11 is 7.27. The first-order valence-corrected chi connectivity index (χ1v) is 12.2. The summed E-state index contributed by atoms with van der Waals surface area (Å²) in [6.45, 7) is 3.98. The van der Waals surface area contributed by atoms with E-state index in [4.69, 9.17) is 21.1 Å². The minimum atomic E-state index is -0.374. The number of aromatic nitrogens is 3. The molecule has 0 aliphatic rings. The van der Waals surface area contributed by atoms with E-state index >= 15 is 0 Å². The number of hydrogen-bond donors (Lipinski definition) is 2. The van der Waals surface area contributed by atoms with Crippen molar-refractivity contribution in [1.82, 2.24) is 20.1 Å². The predicted octanol–water partition coefficient (Wildman–Crippen LogP) is 4.34. The fourth-order valence-corrected chi connectivity index (χ4v) is 4.20. The van der Waals surface area contributed by atoms with E-state index in [1.54, 1.807) is 54.1 Å². The molecule has 0 fully saturated rings. The van der Waals surface area contributed by atoms with Gasteiger partial charge in [0.15, 0.2) is 11.0 Å². The van der Waals surface area contributed by atoms with Crippen molar-refractivity contribution in [2.45, 2.75) is 25.0 Å². The van der Waals surface area contributed by atoms with Crippen molar-refractivity contribution >= 4 is 40.9 Å². The Morgan fingerprint density at radius 1 is 1.09 bits per heavy atom. The summed E-state index contributed by atoms with van der Waals surface area (Å²) < 4.78 is 12.2. The number of carbonyl (C=O) groups is 2. The first-order chi connectivity index (χ1) is 16.7. The van der Waals surface area contributed by atoms with Crippen molar-refractivity contribution in [2.75, 3.05) is 25.3 Å². The predicted molar refractivity (Wildman–Crippen MR) is 136 cm³/mol. The fraction of sp³-hybridized carbons (Fsp3) is 0.333. The zero-order valence-corrected chi connectivity index (χ0v) is 21.7. The maximum absolute atomic E-state index is 12.8. The molecule has 2 N–H and O–H groups in total. The number of nitrogens with zero attached hydrogens (tertiary/aromatic N) is 3. The van der Waals surface area contributed by atoms with Crippen LogP contribution in [0.5, 0.6) is 11.5 Å². The molecule has 0 aliphatic heterocycles. The minimum Gasteiger partial charge on any atom is -0.497 e. The first kappa shape index (κ1) is 26.4. The molecule has 0 aliphatic carbocycles. The van der Waals surface area contributed by atoms with Crippen LogP contribution in [0.15, 0.2) is 47.6 Å². The van der Waals surface area contributed by atoms with Gasteiger partial charge in [-0.15, -0.1) is 10.2 Å². The standard InChI is InChI=1S/C24H28ClN5O4S/c1-14(2)21(27-23(32)15-6-9-17(33-4)10-7-15)22-28-29-24(30(22)3)35-13-20(31)26-18-12-16(25)8-11-19(18)34-5/h6-12,14,21H,13H2,1-5H3,(H,26,31)(H,27,32). The molecule has 3 aromatic rings. The highest BCUT2D eigenvalue weighted by molar-refractivity contribution is 7.99. The summed E-state index contributed by atoms with van der Waals surface area (Å²) in [5, 5.41) is 15.4. The van der Waals surface area contributed by atoms with Gasteiger partial charge in [-0.05, 0) is 48.4 Å². The van der Waals surface area contributed by atoms with E-state index in [1.165, 1.54) is 18.9 Å². The summed E-state index contributed by atoms with van der Waals surface area (Å²) in [4.78, 5) is 25.3. The van der Waals surface area contributed by atoms with E-state index in [-0.39, 0.29) is 29.5 Å². The van der Waals surface area contributed by atoms with E-state index in [0.29, 0.717) is 38.8 Å². The number of benzene rings is 2. The Hall–Kier alpha value is -3.24. The minimum absolute atomic E-state index is 0.0524. The van der Waals surface area contributed by atoms with E-state index in [2.05, 4.69) is 20.8 Å². The number of halogens is 1. The largest absolute Gasteiger partial charge is 0.497 e. The lowest BCUT2D eigenvalue weighted by atomic mass is 10.0. The quantitative estimate of drug-likeness (QED) is 0.385. The molecule has 1 unspecified atom stereocenters. The van der Waals surface area contributed by atoms with Gasteiger partial charge in [-0.2, -0.15) is 0 Å². The van der Waals surface area contributed by atoms with Gasteiger partial charge in [0.2, 0.25) is 5.91 Å². The number of rotatable bonds is 10. The lowest BCUT2D eigenvalue weighted by Crippen LogP contribution is -2.33. The molecular weight excluding hydrogens is 490 g/mol. The van der Waals surface area contributed by atoms with Crippen molar-refractivity contribution in [3.05, 3.63) is 58.9 Å². The second kappa shape index (κ2) is 11.9. The van der Waals surface area contributed by atoms with Crippen LogP contribution in [0.2, 0.25) is 5.02 Å². The monoisotopic (exact) mass is 517 g/mol. The lowest BCUT2D eigenvalue weighted by molar-refractivity contribution is -0.113. The van der Waals surface area contributed by atoms with Crippen molar-refractivity contribution in [1.29, 1.82) is 0 Å². The summed E-state index contributed by atoms with van der Waals surface area (Å²) in [6.07, 6.45) is 0. The summed E-state index contributed by atoms with van der Waals surface area (Å²) in [5.41, 5.74) is 1.01. The molecular formula is C24H28ClN5O4S. The Bertz CT molecular complexity index is 1180. The van der Waals surface area contributed by atoms with Gasteiger partial charge in [0.1, 0.15) is 11.5 Å². The van der Waals surface area contributed by atoms with Crippen LogP contribution >= 0.6 is 23.4 Å². The number of methoxy groups -OCH3 is 2. The fourth-order valence-electron chi connectivity index (χ4n) is 3.31. The Morgan fingerprint density at radius 2 is 1.80 bits per heavy atom. The van der Waals surface area contributed by atoms with Crippen molar-refractivity contribution < 1.29 is 19.1 Å². The number of anilines is 1. The third-order valence-corrected chi connectivity index (χ3v) is 6.48.